The van der Waals surface area contributed by atoms with Crippen LogP contribution in [0.2, 0.25) is 0 Å². The highest BCUT2D eigenvalue weighted by Gasteiger charge is 2.23. The number of carbonyl (C=O) groups excluding carboxylic acids is 2. The average molecular weight is 380 g/mol. The van der Waals surface area contributed by atoms with Crippen molar-refractivity contribution in [1.82, 2.24) is 14.8 Å². The number of nitrogens with one attached hydrogen (secondary N) is 1. The lowest BCUT2D eigenvalue weighted by Crippen LogP contribution is -2.48. The molecule has 0 saturated carbocycles. The first-order chi connectivity index (χ1) is 12.5. The van der Waals surface area contributed by atoms with Crippen molar-refractivity contribution in [3.8, 4) is 0 Å². The molecule has 1 aromatic heterocycles. The molecule has 1 aliphatic heterocycles. The number of anilines is 1. The summed E-state index contributed by atoms with van der Waals surface area (Å²) in [5, 5.41) is 4.23. The quantitative estimate of drug-likeness (QED) is 0.885. The first kappa shape index (κ1) is 18.4. The summed E-state index contributed by atoms with van der Waals surface area (Å²) in [5.74, 6) is -2.55. The van der Waals surface area contributed by atoms with Gasteiger partial charge in [0.15, 0.2) is 5.13 Å². The Kier molecular flexibility index (Phi) is 5.58. The van der Waals surface area contributed by atoms with Gasteiger partial charge in [-0.1, -0.05) is 6.92 Å². The Bertz CT molecular complexity index is 799. The molecule has 0 bridgehead atoms. The van der Waals surface area contributed by atoms with E-state index in [4.69, 9.17) is 0 Å². The highest BCUT2D eigenvalue weighted by Crippen LogP contribution is 2.19. The van der Waals surface area contributed by atoms with Crippen molar-refractivity contribution in [2.75, 3.05) is 38.0 Å². The van der Waals surface area contributed by atoms with Gasteiger partial charge in [0.1, 0.15) is 17.3 Å². The van der Waals surface area contributed by atoms with E-state index in [0.29, 0.717) is 19.2 Å². The fourth-order valence-electron chi connectivity index (χ4n) is 2.71. The second-order valence-corrected chi connectivity index (χ2v) is 6.73. The van der Waals surface area contributed by atoms with Crippen molar-refractivity contribution >= 4 is 28.3 Å². The van der Waals surface area contributed by atoms with Crippen LogP contribution >= 0.6 is 11.3 Å². The maximum atomic E-state index is 13.2. The van der Waals surface area contributed by atoms with E-state index in [1.807, 2.05) is 0 Å². The lowest BCUT2D eigenvalue weighted by Gasteiger charge is -2.33. The van der Waals surface area contributed by atoms with E-state index in [1.165, 1.54) is 0 Å². The van der Waals surface area contributed by atoms with Crippen LogP contribution in [-0.2, 0) is 0 Å². The van der Waals surface area contributed by atoms with E-state index < -0.39 is 17.5 Å². The molecule has 2 aromatic rings. The highest BCUT2D eigenvalue weighted by molar-refractivity contribution is 7.14. The number of aromatic nitrogens is 1. The Hall–Kier alpha value is -2.39. The number of benzene rings is 1. The van der Waals surface area contributed by atoms with Gasteiger partial charge < -0.3 is 9.80 Å². The van der Waals surface area contributed by atoms with E-state index in [-0.39, 0.29) is 22.3 Å². The molecule has 0 atom stereocenters. The Morgan fingerprint density at radius 3 is 2.42 bits per heavy atom. The smallest absolute Gasteiger partial charge is 0.273 e. The second-order valence-electron chi connectivity index (χ2n) is 5.88. The van der Waals surface area contributed by atoms with Gasteiger partial charge in [-0.2, -0.15) is 0 Å². The van der Waals surface area contributed by atoms with Gasteiger partial charge in [-0.05, 0) is 18.7 Å². The molecule has 1 fully saturated rings. The zero-order valence-corrected chi connectivity index (χ0v) is 15.0. The van der Waals surface area contributed by atoms with Crippen LogP contribution < -0.4 is 5.32 Å². The first-order valence-electron chi connectivity index (χ1n) is 8.21. The van der Waals surface area contributed by atoms with E-state index >= 15 is 0 Å². The van der Waals surface area contributed by atoms with Crippen molar-refractivity contribution in [2.45, 2.75) is 6.92 Å². The molecule has 0 spiro atoms. The minimum atomic E-state index is -0.837. The summed E-state index contributed by atoms with van der Waals surface area (Å²) in [7, 11) is 0. The van der Waals surface area contributed by atoms with Crippen LogP contribution in [-0.4, -0.2) is 59.3 Å². The fraction of sp³-hybridized carbons (Fsp3) is 0.353. The number of amides is 2. The van der Waals surface area contributed by atoms with Crippen LogP contribution in [0.3, 0.4) is 0 Å². The molecule has 3 rings (SSSR count). The third-order valence-corrected chi connectivity index (χ3v) is 4.93. The number of thiazole rings is 1. The van der Waals surface area contributed by atoms with Gasteiger partial charge >= 0.3 is 0 Å². The molecule has 138 valence electrons. The molecule has 1 aromatic carbocycles. The van der Waals surface area contributed by atoms with Crippen molar-refractivity contribution in [3.05, 3.63) is 46.5 Å². The van der Waals surface area contributed by atoms with E-state index in [0.717, 1.165) is 43.1 Å². The second kappa shape index (κ2) is 7.88. The van der Waals surface area contributed by atoms with Gasteiger partial charge in [0.25, 0.3) is 11.8 Å². The van der Waals surface area contributed by atoms with Crippen molar-refractivity contribution in [2.24, 2.45) is 0 Å². The van der Waals surface area contributed by atoms with Crippen LogP contribution in [0.25, 0.3) is 0 Å². The lowest BCUT2D eigenvalue weighted by atomic mass is 10.2. The van der Waals surface area contributed by atoms with Crippen LogP contribution in [0, 0.1) is 11.6 Å². The standard InChI is InChI=1S/C17H18F2N4O2S/c1-2-22-3-5-23(6-4-22)16(25)14-10-26-17(20-14)21-15(24)11-7-12(18)9-13(19)8-11/h7-10H,2-6H2,1H3,(H,20,21,24). The molecule has 1 aliphatic rings. The monoisotopic (exact) mass is 380 g/mol. The first-order valence-corrected chi connectivity index (χ1v) is 9.09. The number of likely N-dealkylation sites (N-methyl/N-ethyl adjacent to an activating group) is 1. The molecule has 1 N–H and O–H groups in total. The summed E-state index contributed by atoms with van der Waals surface area (Å²) in [6.45, 7) is 5.94. The summed E-state index contributed by atoms with van der Waals surface area (Å²) in [6.07, 6.45) is 0. The molecule has 0 radical (unpaired) electrons. The van der Waals surface area contributed by atoms with Gasteiger partial charge in [0, 0.05) is 43.2 Å². The minimum Gasteiger partial charge on any atom is -0.335 e. The Balaban J connectivity index is 1.64. The Morgan fingerprint density at radius 2 is 1.81 bits per heavy atom. The number of hydrogen-bond acceptors (Lipinski definition) is 5. The summed E-state index contributed by atoms with van der Waals surface area (Å²) in [4.78, 5) is 32.7. The molecule has 26 heavy (non-hydrogen) atoms. The Labute approximate surface area is 153 Å². The highest BCUT2D eigenvalue weighted by atomic mass is 32.1. The molecule has 9 heteroatoms. The van der Waals surface area contributed by atoms with Gasteiger partial charge in [0.2, 0.25) is 0 Å². The van der Waals surface area contributed by atoms with E-state index in [1.54, 1.807) is 10.3 Å². The third kappa shape index (κ3) is 4.23. The topological polar surface area (TPSA) is 65.5 Å². The number of carbonyl (C=O) groups is 2. The van der Waals surface area contributed by atoms with Gasteiger partial charge in [-0.3, -0.25) is 14.9 Å². The van der Waals surface area contributed by atoms with Crippen LogP contribution in [0.15, 0.2) is 23.6 Å². The number of halogens is 2. The molecule has 2 amide bonds. The number of rotatable bonds is 4. The lowest BCUT2D eigenvalue weighted by molar-refractivity contribution is 0.0638. The normalized spacial score (nSPS) is 15.1. The number of piperazine rings is 1. The summed E-state index contributed by atoms with van der Waals surface area (Å²) >= 11 is 1.09. The third-order valence-electron chi connectivity index (χ3n) is 4.18. The minimum absolute atomic E-state index is 0.152. The van der Waals surface area contributed by atoms with E-state index in [9.17, 15) is 18.4 Å². The maximum Gasteiger partial charge on any atom is 0.273 e. The number of hydrogen-bond donors (Lipinski definition) is 1. The molecule has 2 heterocycles. The maximum absolute atomic E-state index is 13.2. The van der Waals surface area contributed by atoms with Crippen LogP contribution in [0.5, 0.6) is 0 Å². The molecule has 0 aliphatic carbocycles. The molecular weight excluding hydrogens is 362 g/mol. The molecule has 6 nitrogen and oxygen atoms in total. The molecule has 0 unspecified atom stereocenters. The largest absolute Gasteiger partial charge is 0.335 e. The van der Waals surface area contributed by atoms with Crippen molar-refractivity contribution in [1.29, 1.82) is 0 Å². The number of nitrogens with zero attached hydrogens (tertiary/aromatic N) is 3. The summed E-state index contributed by atoms with van der Waals surface area (Å²) in [5.41, 5.74) is 0.0990. The van der Waals surface area contributed by atoms with Crippen LogP contribution in [0.4, 0.5) is 13.9 Å². The SMILES string of the molecule is CCN1CCN(C(=O)c2csc(NC(=O)c3cc(F)cc(F)c3)n2)CC1. The van der Waals surface area contributed by atoms with Gasteiger partial charge in [-0.15, -0.1) is 11.3 Å². The Morgan fingerprint density at radius 1 is 1.15 bits per heavy atom. The van der Waals surface area contributed by atoms with Crippen LogP contribution in [0.1, 0.15) is 27.8 Å². The predicted octanol–water partition coefficient (Wildman–Crippen LogP) is 2.45. The van der Waals surface area contributed by atoms with Gasteiger partial charge in [0.05, 0.1) is 0 Å². The molecule has 1 saturated heterocycles. The van der Waals surface area contributed by atoms with E-state index in [2.05, 4.69) is 22.1 Å². The zero-order valence-electron chi connectivity index (χ0n) is 14.2. The van der Waals surface area contributed by atoms with Crippen molar-refractivity contribution in [3.63, 3.8) is 0 Å². The fourth-order valence-corrected chi connectivity index (χ4v) is 3.39. The summed E-state index contributed by atoms with van der Waals surface area (Å²) < 4.78 is 26.4. The average Bonchev–Trinajstić information content (AvgIpc) is 3.08. The summed E-state index contributed by atoms with van der Waals surface area (Å²) in [6, 6.07) is 2.56. The predicted molar refractivity (Wildman–Crippen MR) is 94.4 cm³/mol. The zero-order chi connectivity index (χ0) is 18.7. The van der Waals surface area contributed by atoms with Crippen molar-refractivity contribution < 1.29 is 18.4 Å². The molecular formula is C17H18F2N4O2S. The van der Waals surface area contributed by atoms with Gasteiger partial charge in [-0.25, -0.2) is 13.8 Å².